The molecule has 1 unspecified atom stereocenters. The Kier molecular flexibility index (Phi) is 6.30. The highest BCUT2D eigenvalue weighted by Crippen LogP contribution is 2.36. The Morgan fingerprint density at radius 2 is 1.86 bits per heavy atom. The molecule has 3 heterocycles. The standard InChI is InChI=1S/C27H27N3O4S/c1-16(2)24(19-9-10-20-21(13-19)34-12-11-33-20)29-22(31)14-30-15-28-26-23(27(30)32)17(3)25(35-26)18-7-5-4-6-8-18/h4-10,13,15-16,24H,11-12,14H2,1-3H3,(H,29,31). The molecule has 7 nitrogen and oxygen atoms in total. The molecule has 35 heavy (non-hydrogen) atoms. The molecule has 0 saturated heterocycles. The third kappa shape index (κ3) is 4.53. The van der Waals surface area contributed by atoms with Crippen LogP contribution in [0.5, 0.6) is 11.5 Å². The zero-order valence-electron chi connectivity index (χ0n) is 19.9. The van der Waals surface area contributed by atoms with Gasteiger partial charge in [-0.15, -0.1) is 11.3 Å². The predicted octanol–water partition coefficient (Wildman–Crippen LogP) is 4.72. The van der Waals surface area contributed by atoms with Crippen molar-refractivity contribution in [3.63, 3.8) is 0 Å². The minimum Gasteiger partial charge on any atom is -0.486 e. The lowest BCUT2D eigenvalue weighted by molar-refractivity contribution is -0.122. The summed E-state index contributed by atoms with van der Waals surface area (Å²) in [6.07, 6.45) is 1.46. The predicted molar refractivity (Wildman–Crippen MR) is 137 cm³/mol. The zero-order valence-corrected chi connectivity index (χ0v) is 20.7. The van der Waals surface area contributed by atoms with E-state index in [0.29, 0.717) is 34.9 Å². The summed E-state index contributed by atoms with van der Waals surface area (Å²) in [5.41, 5.74) is 2.66. The molecule has 5 rings (SSSR count). The van der Waals surface area contributed by atoms with E-state index in [0.717, 1.165) is 21.6 Å². The molecule has 1 N–H and O–H groups in total. The van der Waals surface area contributed by atoms with E-state index in [9.17, 15) is 9.59 Å². The van der Waals surface area contributed by atoms with Gasteiger partial charge < -0.3 is 14.8 Å². The molecule has 8 heteroatoms. The largest absolute Gasteiger partial charge is 0.486 e. The van der Waals surface area contributed by atoms with Gasteiger partial charge in [0.1, 0.15) is 24.6 Å². The monoisotopic (exact) mass is 489 g/mol. The number of benzene rings is 2. The summed E-state index contributed by atoms with van der Waals surface area (Å²) in [4.78, 5) is 32.5. The summed E-state index contributed by atoms with van der Waals surface area (Å²) in [7, 11) is 0. The Hall–Kier alpha value is -3.65. The summed E-state index contributed by atoms with van der Waals surface area (Å²) in [5, 5.41) is 3.65. The van der Waals surface area contributed by atoms with Crippen LogP contribution in [0.15, 0.2) is 59.7 Å². The number of carbonyl (C=O) groups is 1. The SMILES string of the molecule is Cc1c(-c2ccccc2)sc2ncn(CC(=O)NC(c3ccc4c(c3)OCCO4)C(C)C)c(=O)c12. The van der Waals surface area contributed by atoms with Crippen molar-refractivity contribution in [2.24, 2.45) is 5.92 Å². The average molecular weight is 490 g/mol. The maximum atomic E-state index is 13.3. The minimum atomic E-state index is -0.252. The van der Waals surface area contributed by atoms with Crippen molar-refractivity contribution < 1.29 is 14.3 Å². The van der Waals surface area contributed by atoms with Crippen LogP contribution in [0.3, 0.4) is 0 Å². The third-order valence-electron chi connectivity index (χ3n) is 6.18. The molecule has 1 atom stereocenters. The molecule has 2 aromatic carbocycles. The number of nitrogens with zero attached hydrogens (tertiary/aromatic N) is 2. The number of rotatable bonds is 6. The molecule has 0 aliphatic carbocycles. The van der Waals surface area contributed by atoms with Gasteiger partial charge in [0.15, 0.2) is 11.5 Å². The molecule has 0 spiro atoms. The maximum Gasteiger partial charge on any atom is 0.262 e. The van der Waals surface area contributed by atoms with Crippen molar-refractivity contribution in [2.75, 3.05) is 13.2 Å². The van der Waals surface area contributed by atoms with Crippen molar-refractivity contribution in [2.45, 2.75) is 33.4 Å². The van der Waals surface area contributed by atoms with Crippen LogP contribution in [-0.2, 0) is 11.3 Å². The molecule has 0 fully saturated rings. The first kappa shape index (κ1) is 23.1. The molecule has 0 radical (unpaired) electrons. The lowest BCUT2D eigenvalue weighted by Crippen LogP contribution is -2.36. The molecule has 2 aromatic heterocycles. The molecule has 1 amide bonds. The molecule has 180 valence electrons. The van der Waals surface area contributed by atoms with Gasteiger partial charge in [-0.05, 0) is 41.7 Å². The first-order valence-corrected chi connectivity index (χ1v) is 12.5. The first-order chi connectivity index (χ1) is 16.9. The van der Waals surface area contributed by atoms with E-state index in [1.54, 1.807) is 0 Å². The highest BCUT2D eigenvalue weighted by Gasteiger charge is 2.22. The van der Waals surface area contributed by atoms with Gasteiger partial charge >= 0.3 is 0 Å². The number of ether oxygens (including phenoxy) is 2. The number of carbonyl (C=O) groups excluding carboxylic acids is 1. The summed E-state index contributed by atoms with van der Waals surface area (Å²) >= 11 is 1.49. The van der Waals surface area contributed by atoms with Crippen LogP contribution >= 0.6 is 11.3 Å². The molecule has 1 aliphatic rings. The molecule has 1 aliphatic heterocycles. The number of hydrogen-bond acceptors (Lipinski definition) is 6. The van der Waals surface area contributed by atoms with E-state index in [-0.39, 0.29) is 30.0 Å². The number of thiophene rings is 1. The van der Waals surface area contributed by atoms with E-state index < -0.39 is 0 Å². The molecule has 0 bridgehead atoms. The van der Waals surface area contributed by atoms with E-state index in [2.05, 4.69) is 10.3 Å². The van der Waals surface area contributed by atoms with Crippen LogP contribution in [0.1, 0.15) is 31.0 Å². The summed E-state index contributed by atoms with van der Waals surface area (Å²) in [5.74, 6) is 1.27. The Balaban J connectivity index is 1.39. The van der Waals surface area contributed by atoms with Crippen LogP contribution in [0.4, 0.5) is 0 Å². The van der Waals surface area contributed by atoms with Gasteiger partial charge in [-0.2, -0.15) is 0 Å². The summed E-state index contributed by atoms with van der Waals surface area (Å²) < 4.78 is 12.7. The first-order valence-electron chi connectivity index (χ1n) is 11.6. The van der Waals surface area contributed by atoms with Crippen LogP contribution in [0.2, 0.25) is 0 Å². The number of aryl methyl sites for hydroxylation is 1. The lowest BCUT2D eigenvalue weighted by Gasteiger charge is -2.25. The van der Waals surface area contributed by atoms with Crippen LogP contribution < -0.4 is 20.3 Å². The normalized spacial score (nSPS) is 13.7. The number of fused-ring (bicyclic) bond motifs is 2. The van der Waals surface area contributed by atoms with Gasteiger partial charge in [0.2, 0.25) is 5.91 Å². The Labute approximate surface area is 207 Å². The van der Waals surface area contributed by atoms with Gasteiger partial charge in [-0.25, -0.2) is 4.98 Å². The minimum absolute atomic E-state index is 0.106. The highest BCUT2D eigenvalue weighted by molar-refractivity contribution is 7.22. The fraction of sp³-hybridized carbons (Fsp3) is 0.296. The van der Waals surface area contributed by atoms with Crippen molar-refractivity contribution in [1.82, 2.24) is 14.9 Å². The highest BCUT2D eigenvalue weighted by atomic mass is 32.1. The Bertz CT molecular complexity index is 1440. The maximum absolute atomic E-state index is 13.3. The van der Waals surface area contributed by atoms with Gasteiger partial charge in [0.25, 0.3) is 5.56 Å². The molecule has 4 aromatic rings. The van der Waals surface area contributed by atoms with Crippen LogP contribution in [0, 0.1) is 12.8 Å². The fourth-order valence-electron chi connectivity index (χ4n) is 4.40. The van der Waals surface area contributed by atoms with E-state index in [1.165, 1.54) is 22.2 Å². The second-order valence-corrected chi connectivity index (χ2v) is 9.97. The number of aromatic nitrogens is 2. The van der Waals surface area contributed by atoms with E-state index >= 15 is 0 Å². The lowest BCUT2D eigenvalue weighted by atomic mass is 9.95. The number of hydrogen-bond donors (Lipinski definition) is 1. The number of amides is 1. The second-order valence-electron chi connectivity index (χ2n) is 8.97. The quantitative estimate of drug-likeness (QED) is 0.424. The van der Waals surface area contributed by atoms with Crippen molar-refractivity contribution in [3.8, 4) is 21.9 Å². The number of nitrogens with one attached hydrogen (secondary N) is 1. The molecular weight excluding hydrogens is 462 g/mol. The van der Waals surface area contributed by atoms with Gasteiger partial charge in [0.05, 0.1) is 17.8 Å². The van der Waals surface area contributed by atoms with Crippen molar-refractivity contribution in [3.05, 3.63) is 76.3 Å². The second kappa shape index (κ2) is 9.54. The zero-order chi connectivity index (χ0) is 24.5. The van der Waals surface area contributed by atoms with Crippen LogP contribution in [-0.4, -0.2) is 28.7 Å². The average Bonchev–Trinajstić information content (AvgIpc) is 3.21. The summed E-state index contributed by atoms with van der Waals surface area (Å²) in [6.45, 7) is 6.95. The topological polar surface area (TPSA) is 82.5 Å². The Morgan fingerprint density at radius 1 is 1.11 bits per heavy atom. The van der Waals surface area contributed by atoms with Crippen molar-refractivity contribution >= 4 is 27.5 Å². The van der Waals surface area contributed by atoms with E-state index in [4.69, 9.17) is 9.47 Å². The van der Waals surface area contributed by atoms with E-state index in [1.807, 2.05) is 69.3 Å². The molecular formula is C27H27N3O4S. The third-order valence-corrected chi connectivity index (χ3v) is 7.42. The fourth-order valence-corrected chi connectivity index (χ4v) is 5.54. The van der Waals surface area contributed by atoms with Gasteiger partial charge in [-0.3, -0.25) is 14.2 Å². The summed E-state index contributed by atoms with van der Waals surface area (Å²) in [6, 6.07) is 15.4. The van der Waals surface area contributed by atoms with Gasteiger partial charge in [0, 0.05) is 4.88 Å². The Morgan fingerprint density at radius 3 is 2.60 bits per heavy atom. The molecule has 0 saturated carbocycles. The van der Waals surface area contributed by atoms with Crippen LogP contribution in [0.25, 0.3) is 20.7 Å². The van der Waals surface area contributed by atoms with Gasteiger partial charge in [-0.1, -0.05) is 50.2 Å². The van der Waals surface area contributed by atoms with Crippen molar-refractivity contribution in [1.29, 1.82) is 0 Å². The smallest absolute Gasteiger partial charge is 0.262 e.